The molecule has 0 aliphatic carbocycles. The Morgan fingerprint density at radius 3 is 2.50 bits per heavy atom. The molecule has 0 aromatic heterocycles. The van der Waals surface area contributed by atoms with Crippen LogP contribution in [0.3, 0.4) is 0 Å². The molecule has 3 rings (SSSR count). The van der Waals surface area contributed by atoms with E-state index in [4.69, 9.17) is 16.3 Å². The van der Waals surface area contributed by atoms with Crippen LogP contribution in [0.4, 0.5) is 10.1 Å². The molecule has 0 heterocycles. The fourth-order valence-electron chi connectivity index (χ4n) is 2.57. The molecule has 30 heavy (non-hydrogen) atoms. The van der Waals surface area contributed by atoms with Gasteiger partial charge in [-0.05, 0) is 69.5 Å². The van der Waals surface area contributed by atoms with Crippen LogP contribution in [0.1, 0.15) is 11.1 Å². The highest BCUT2D eigenvalue weighted by Gasteiger charge is 2.13. The van der Waals surface area contributed by atoms with Crippen LogP contribution in [0.2, 0.25) is 5.02 Å². The molecule has 1 N–H and O–H groups in total. The Kier molecular flexibility index (Phi) is 7.23. The number of amides is 1. The van der Waals surface area contributed by atoms with Gasteiger partial charge in [0.15, 0.2) is 5.75 Å². The van der Waals surface area contributed by atoms with Crippen molar-refractivity contribution in [3.8, 4) is 11.8 Å². The number of para-hydroxylation sites is 1. The predicted octanol–water partition coefficient (Wildman–Crippen LogP) is 6.37. The Hall–Kier alpha value is -3.14. The van der Waals surface area contributed by atoms with E-state index in [0.29, 0.717) is 26.5 Å². The minimum Gasteiger partial charge on any atom is -0.486 e. The molecule has 0 unspecified atom stereocenters. The lowest BCUT2D eigenvalue weighted by Crippen LogP contribution is -2.13. The van der Waals surface area contributed by atoms with Crippen molar-refractivity contribution in [3.05, 3.63) is 98.7 Å². The summed E-state index contributed by atoms with van der Waals surface area (Å²) >= 11 is 9.74. The van der Waals surface area contributed by atoms with Gasteiger partial charge in [-0.15, -0.1) is 0 Å². The number of anilines is 1. The normalized spacial score (nSPS) is 10.9. The van der Waals surface area contributed by atoms with Gasteiger partial charge < -0.3 is 10.1 Å². The number of hydrogen-bond donors (Lipinski definition) is 1. The van der Waals surface area contributed by atoms with E-state index >= 15 is 0 Å². The summed E-state index contributed by atoms with van der Waals surface area (Å²) in [6, 6.07) is 20.0. The first-order valence-electron chi connectivity index (χ1n) is 8.81. The van der Waals surface area contributed by atoms with Crippen molar-refractivity contribution >= 4 is 45.2 Å². The van der Waals surface area contributed by atoms with Crippen LogP contribution in [0.5, 0.6) is 5.75 Å². The lowest BCUT2D eigenvalue weighted by molar-refractivity contribution is -0.112. The molecule has 0 fully saturated rings. The number of carbonyl (C=O) groups excluding carboxylic acids is 1. The number of hydrogen-bond acceptors (Lipinski definition) is 3. The Labute approximate surface area is 186 Å². The first-order chi connectivity index (χ1) is 14.5. The van der Waals surface area contributed by atoms with E-state index in [0.717, 1.165) is 5.56 Å². The minimum atomic E-state index is -0.521. The lowest BCUT2D eigenvalue weighted by atomic mass is 10.1. The van der Waals surface area contributed by atoms with Crippen molar-refractivity contribution < 1.29 is 13.9 Å². The molecule has 7 heteroatoms. The summed E-state index contributed by atoms with van der Waals surface area (Å²) in [5, 5.41) is 12.4. The maximum Gasteiger partial charge on any atom is 0.266 e. The predicted molar refractivity (Wildman–Crippen MR) is 119 cm³/mol. The highest BCUT2D eigenvalue weighted by atomic mass is 79.9. The summed E-state index contributed by atoms with van der Waals surface area (Å²) < 4.78 is 19.3. The van der Waals surface area contributed by atoms with Gasteiger partial charge >= 0.3 is 0 Å². The molecule has 0 bridgehead atoms. The summed E-state index contributed by atoms with van der Waals surface area (Å²) in [6.07, 6.45) is 1.44. The number of rotatable bonds is 6. The molecule has 0 atom stereocenters. The maximum atomic E-state index is 13.0. The molecular weight excluding hydrogens is 471 g/mol. The molecule has 0 radical (unpaired) electrons. The Bertz CT molecular complexity index is 1100. The summed E-state index contributed by atoms with van der Waals surface area (Å²) in [6.45, 7) is 0.205. The standard InChI is InChI=1S/C23H15BrClFN2O2/c24-20-11-16(10-17(13-27)23(29)28-19-4-2-1-3-5-19)12-21(25)22(20)30-14-15-6-8-18(26)9-7-15/h1-12H,14H2,(H,28,29). The highest BCUT2D eigenvalue weighted by Crippen LogP contribution is 2.35. The molecule has 1 amide bonds. The number of nitrogens with one attached hydrogen (secondary N) is 1. The minimum absolute atomic E-state index is 0.0678. The largest absolute Gasteiger partial charge is 0.486 e. The summed E-state index contributed by atoms with van der Waals surface area (Å²) in [7, 11) is 0. The molecular formula is C23H15BrClFN2O2. The average Bonchev–Trinajstić information content (AvgIpc) is 2.73. The Morgan fingerprint density at radius 1 is 1.17 bits per heavy atom. The zero-order chi connectivity index (χ0) is 21.5. The van der Waals surface area contributed by atoms with Gasteiger partial charge in [-0.2, -0.15) is 5.26 Å². The number of benzene rings is 3. The highest BCUT2D eigenvalue weighted by molar-refractivity contribution is 9.10. The molecule has 0 spiro atoms. The number of nitrogens with zero attached hydrogens (tertiary/aromatic N) is 1. The molecule has 0 saturated carbocycles. The molecule has 0 aliphatic rings. The van der Waals surface area contributed by atoms with Crippen LogP contribution < -0.4 is 10.1 Å². The second-order valence-electron chi connectivity index (χ2n) is 6.22. The van der Waals surface area contributed by atoms with Crippen molar-refractivity contribution in [2.24, 2.45) is 0 Å². The van der Waals surface area contributed by atoms with Gasteiger partial charge in [0.2, 0.25) is 0 Å². The number of nitriles is 1. The van der Waals surface area contributed by atoms with Crippen molar-refractivity contribution in [2.45, 2.75) is 6.61 Å². The van der Waals surface area contributed by atoms with Gasteiger partial charge in [-0.25, -0.2) is 4.39 Å². The van der Waals surface area contributed by atoms with E-state index < -0.39 is 5.91 Å². The third kappa shape index (κ3) is 5.69. The van der Waals surface area contributed by atoms with E-state index in [1.165, 1.54) is 18.2 Å². The Balaban J connectivity index is 1.76. The first kappa shape index (κ1) is 21.6. The third-order valence-electron chi connectivity index (χ3n) is 4.02. The van der Waals surface area contributed by atoms with Gasteiger partial charge in [0.25, 0.3) is 5.91 Å². The van der Waals surface area contributed by atoms with Crippen molar-refractivity contribution in [1.82, 2.24) is 0 Å². The van der Waals surface area contributed by atoms with Crippen molar-refractivity contribution in [2.75, 3.05) is 5.32 Å². The first-order valence-corrected chi connectivity index (χ1v) is 9.98. The van der Waals surface area contributed by atoms with Crippen LogP contribution >= 0.6 is 27.5 Å². The van der Waals surface area contributed by atoms with Crippen LogP contribution in [0, 0.1) is 17.1 Å². The van der Waals surface area contributed by atoms with Crippen LogP contribution in [-0.4, -0.2) is 5.91 Å². The monoisotopic (exact) mass is 484 g/mol. The molecule has 0 aliphatic heterocycles. The van der Waals surface area contributed by atoms with Crippen LogP contribution in [0.25, 0.3) is 6.08 Å². The number of carbonyl (C=O) groups is 1. The van der Waals surface area contributed by atoms with Crippen molar-refractivity contribution in [3.63, 3.8) is 0 Å². The zero-order valence-corrected chi connectivity index (χ0v) is 17.9. The fraction of sp³-hybridized carbons (Fsp3) is 0.0435. The molecule has 0 saturated heterocycles. The van der Waals surface area contributed by atoms with Gasteiger partial charge in [-0.1, -0.05) is 41.9 Å². The van der Waals surface area contributed by atoms with Gasteiger partial charge in [0.1, 0.15) is 24.1 Å². The SMILES string of the molecule is N#CC(=Cc1cc(Cl)c(OCc2ccc(F)cc2)c(Br)c1)C(=O)Nc1ccccc1. The second kappa shape index (κ2) is 10.1. The molecule has 3 aromatic carbocycles. The smallest absolute Gasteiger partial charge is 0.266 e. The van der Waals surface area contributed by atoms with Crippen LogP contribution in [0.15, 0.2) is 76.8 Å². The molecule has 3 aromatic rings. The van der Waals surface area contributed by atoms with Crippen LogP contribution in [-0.2, 0) is 11.4 Å². The van der Waals surface area contributed by atoms with E-state index in [1.807, 2.05) is 12.1 Å². The Morgan fingerprint density at radius 2 is 1.87 bits per heavy atom. The second-order valence-corrected chi connectivity index (χ2v) is 7.48. The number of halogens is 3. The lowest BCUT2D eigenvalue weighted by Gasteiger charge is -2.11. The van der Waals surface area contributed by atoms with Gasteiger partial charge in [-0.3, -0.25) is 4.79 Å². The van der Waals surface area contributed by atoms with E-state index in [9.17, 15) is 14.4 Å². The average molecular weight is 486 g/mol. The van der Waals surface area contributed by atoms with Gasteiger partial charge in [0.05, 0.1) is 9.50 Å². The number of ether oxygens (including phenoxy) is 1. The quantitative estimate of drug-likeness (QED) is 0.326. The zero-order valence-electron chi connectivity index (χ0n) is 15.5. The maximum absolute atomic E-state index is 13.0. The van der Waals surface area contributed by atoms with Crippen molar-refractivity contribution in [1.29, 1.82) is 5.26 Å². The third-order valence-corrected chi connectivity index (χ3v) is 4.89. The summed E-state index contributed by atoms with van der Waals surface area (Å²) in [5.41, 5.74) is 1.86. The van der Waals surface area contributed by atoms with E-state index in [-0.39, 0.29) is 18.0 Å². The summed E-state index contributed by atoms with van der Waals surface area (Å²) in [4.78, 5) is 12.4. The molecule has 150 valence electrons. The molecule has 4 nitrogen and oxygen atoms in total. The van der Waals surface area contributed by atoms with E-state index in [1.54, 1.807) is 48.5 Å². The fourth-order valence-corrected chi connectivity index (χ4v) is 3.56. The van der Waals surface area contributed by atoms with E-state index in [2.05, 4.69) is 21.2 Å². The van der Waals surface area contributed by atoms with Gasteiger partial charge in [0, 0.05) is 5.69 Å². The topological polar surface area (TPSA) is 62.1 Å². The summed E-state index contributed by atoms with van der Waals surface area (Å²) in [5.74, 6) is -0.434.